The summed E-state index contributed by atoms with van der Waals surface area (Å²) in [7, 11) is -0.718. The van der Waals surface area contributed by atoms with Crippen LogP contribution in [-0.2, 0) is 10.0 Å². The maximum absolute atomic E-state index is 12.0. The zero-order chi connectivity index (χ0) is 12.4. The lowest BCUT2D eigenvalue weighted by molar-refractivity contribution is -0.0328. The summed E-state index contributed by atoms with van der Waals surface area (Å²) in [5.74, 6) is 0. The third kappa shape index (κ3) is 3.69. The Morgan fingerprint density at radius 2 is 1.69 bits per heavy atom. The largest absolute Gasteiger partial charge is 0.446 e. The molecular weight excluding hydrogens is 263 g/mol. The van der Waals surface area contributed by atoms with Crippen molar-refractivity contribution in [3.63, 3.8) is 0 Å². The summed E-state index contributed by atoms with van der Waals surface area (Å²) in [6.45, 7) is 0. The van der Waals surface area contributed by atoms with Crippen LogP contribution in [0.2, 0.25) is 0 Å². The van der Waals surface area contributed by atoms with Gasteiger partial charge >= 0.3 is 5.51 Å². The summed E-state index contributed by atoms with van der Waals surface area (Å²) in [5.41, 5.74) is -4.38. The van der Waals surface area contributed by atoms with Crippen molar-refractivity contribution in [1.29, 1.82) is 0 Å². The van der Waals surface area contributed by atoms with Crippen LogP contribution in [0, 0.1) is 7.05 Å². The van der Waals surface area contributed by atoms with E-state index in [1.54, 1.807) is 0 Å². The van der Waals surface area contributed by atoms with Crippen LogP contribution in [0.1, 0.15) is 0 Å². The fourth-order valence-electron chi connectivity index (χ4n) is 0.904. The van der Waals surface area contributed by atoms with Crippen LogP contribution in [0.3, 0.4) is 0 Å². The summed E-state index contributed by atoms with van der Waals surface area (Å²) >= 11 is -0.303. The average Bonchev–Trinajstić information content (AvgIpc) is 2.16. The Balaban J connectivity index is 2.93. The molecule has 0 bridgehead atoms. The standard InChI is InChI=1S/C8H7F3NO2S2/c1-12-16(13,14)7-4-2-6(3-5-7)15-8(9,10)11/h2-5,12H,1H2. The first kappa shape index (κ1) is 13.3. The van der Waals surface area contributed by atoms with Gasteiger partial charge in [0.1, 0.15) is 0 Å². The summed E-state index contributed by atoms with van der Waals surface area (Å²) < 4.78 is 60.1. The van der Waals surface area contributed by atoms with Crippen LogP contribution in [-0.4, -0.2) is 13.9 Å². The maximum atomic E-state index is 12.0. The predicted molar refractivity (Wildman–Crippen MR) is 54.0 cm³/mol. The van der Waals surface area contributed by atoms with Gasteiger partial charge in [0.25, 0.3) is 0 Å². The van der Waals surface area contributed by atoms with Crippen LogP contribution >= 0.6 is 11.8 Å². The number of sulfonamides is 1. The highest BCUT2D eigenvalue weighted by Crippen LogP contribution is 2.36. The Labute approximate surface area is 95.1 Å². The van der Waals surface area contributed by atoms with Crippen LogP contribution < -0.4 is 4.72 Å². The number of nitrogens with one attached hydrogen (secondary N) is 1. The van der Waals surface area contributed by atoms with Crippen molar-refractivity contribution in [2.45, 2.75) is 15.3 Å². The van der Waals surface area contributed by atoms with Gasteiger partial charge < -0.3 is 0 Å². The molecule has 0 heterocycles. The smallest absolute Gasteiger partial charge is 0.210 e. The van der Waals surface area contributed by atoms with Crippen LogP contribution in [0.25, 0.3) is 0 Å². The molecule has 0 aliphatic carbocycles. The van der Waals surface area contributed by atoms with Gasteiger partial charge in [-0.3, -0.25) is 0 Å². The molecule has 89 valence electrons. The van der Waals surface area contributed by atoms with Crippen molar-refractivity contribution >= 4 is 21.8 Å². The van der Waals surface area contributed by atoms with Gasteiger partial charge in [0.15, 0.2) is 0 Å². The highest BCUT2D eigenvalue weighted by molar-refractivity contribution is 8.00. The van der Waals surface area contributed by atoms with Crippen molar-refractivity contribution in [2.24, 2.45) is 0 Å². The second kappa shape index (κ2) is 4.64. The Morgan fingerprint density at radius 3 is 2.06 bits per heavy atom. The van der Waals surface area contributed by atoms with Crippen molar-refractivity contribution in [2.75, 3.05) is 0 Å². The van der Waals surface area contributed by atoms with E-state index in [-0.39, 0.29) is 21.6 Å². The van der Waals surface area contributed by atoms with Gasteiger partial charge in [-0.25, -0.2) is 13.1 Å². The van der Waals surface area contributed by atoms with Gasteiger partial charge in [-0.05, 0) is 36.0 Å². The molecule has 0 aliphatic heterocycles. The van der Waals surface area contributed by atoms with Crippen LogP contribution in [0.15, 0.2) is 34.1 Å². The van der Waals surface area contributed by atoms with E-state index in [2.05, 4.69) is 7.05 Å². The average molecular weight is 270 g/mol. The highest BCUT2D eigenvalue weighted by Gasteiger charge is 2.29. The van der Waals surface area contributed by atoms with Crippen molar-refractivity contribution in [3.8, 4) is 0 Å². The van der Waals surface area contributed by atoms with Gasteiger partial charge in [-0.15, -0.1) is 0 Å². The molecule has 0 aliphatic rings. The van der Waals surface area contributed by atoms with Crippen molar-refractivity contribution < 1.29 is 21.6 Å². The third-order valence-corrected chi connectivity index (χ3v) is 3.57. The van der Waals surface area contributed by atoms with E-state index in [1.807, 2.05) is 4.72 Å². The molecule has 1 N–H and O–H groups in total. The lowest BCUT2D eigenvalue weighted by atomic mass is 10.4. The fourth-order valence-corrected chi connectivity index (χ4v) is 2.10. The molecule has 16 heavy (non-hydrogen) atoms. The van der Waals surface area contributed by atoms with E-state index < -0.39 is 15.5 Å². The van der Waals surface area contributed by atoms with Gasteiger partial charge in [0.2, 0.25) is 10.0 Å². The Morgan fingerprint density at radius 1 is 1.19 bits per heavy atom. The topological polar surface area (TPSA) is 46.2 Å². The molecule has 0 aromatic heterocycles. The number of benzene rings is 1. The van der Waals surface area contributed by atoms with Gasteiger partial charge in [0.05, 0.1) is 4.90 Å². The normalized spacial score (nSPS) is 12.8. The summed E-state index contributed by atoms with van der Waals surface area (Å²) in [4.78, 5) is -0.204. The quantitative estimate of drug-likeness (QED) is 0.858. The number of hydrogen-bond acceptors (Lipinski definition) is 3. The fraction of sp³-hybridized carbons (Fsp3) is 0.125. The molecule has 0 fully saturated rings. The Hall–Kier alpha value is -0.730. The van der Waals surface area contributed by atoms with E-state index in [9.17, 15) is 21.6 Å². The molecular formula is C8H7F3NO2S2. The minimum Gasteiger partial charge on any atom is -0.210 e. The molecule has 0 amide bonds. The minimum absolute atomic E-state index is 0.0736. The van der Waals surface area contributed by atoms with E-state index in [1.165, 1.54) is 0 Å². The molecule has 1 aromatic rings. The zero-order valence-electron chi connectivity index (χ0n) is 7.78. The molecule has 0 saturated heterocycles. The molecule has 0 unspecified atom stereocenters. The molecule has 8 heteroatoms. The first-order valence-electron chi connectivity index (χ1n) is 3.89. The number of halogens is 3. The van der Waals surface area contributed by atoms with Crippen LogP contribution in [0.5, 0.6) is 0 Å². The molecule has 3 nitrogen and oxygen atoms in total. The third-order valence-electron chi connectivity index (χ3n) is 1.56. The second-order valence-corrected chi connectivity index (χ2v) is 5.57. The van der Waals surface area contributed by atoms with E-state index in [0.29, 0.717) is 0 Å². The lowest BCUT2D eigenvalue weighted by Crippen LogP contribution is -2.16. The first-order valence-corrected chi connectivity index (χ1v) is 6.19. The molecule has 1 aromatic carbocycles. The van der Waals surface area contributed by atoms with Gasteiger partial charge in [0, 0.05) is 11.9 Å². The highest BCUT2D eigenvalue weighted by atomic mass is 32.2. The second-order valence-electron chi connectivity index (χ2n) is 2.67. The summed E-state index contributed by atoms with van der Waals surface area (Å²) in [6.07, 6.45) is 0. The van der Waals surface area contributed by atoms with Gasteiger partial charge in [-0.2, -0.15) is 13.2 Å². The lowest BCUT2D eigenvalue weighted by Gasteiger charge is -2.06. The molecule has 0 atom stereocenters. The molecule has 1 rings (SSSR count). The number of alkyl halides is 3. The van der Waals surface area contributed by atoms with E-state index >= 15 is 0 Å². The predicted octanol–water partition coefficient (Wildman–Crippen LogP) is 2.37. The minimum atomic E-state index is -4.38. The Bertz CT molecular complexity index is 453. The van der Waals surface area contributed by atoms with Crippen LogP contribution in [0.4, 0.5) is 13.2 Å². The monoisotopic (exact) mass is 270 g/mol. The van der Waals surface area contributed by atoms with Crippen molar-refractivity contribution in [3.05, 3.63) is 31.3 Å². The molecule has 1 radical (unpaired) electrons. The molecule has 0 saturated carbocycles. The van der Waals surface area contributed by atoms with Crippen molar-refractivity contribution in [1.82, 2.24) is 4.72 Å². The zero-order valence-corrected chi connectivity index (χ0v) is 9.42. The summed E-state index contributed by atoms with van der Waals surface area (Å²) in [5, 5.41) is 0. The summed E-state index contributed by atoms with van der Waals surface area (Å²) in [6, 6.07) is 4.34. The van der Waals surface area contributed by atoms with Gasteiger partial charge in [-0.1, -0.05) is 0 Å². The number of thioether (sulfide) groups is 1. The van der Waals surface area contributed by atoms with E-state index in [0.717, 1.165) is 24.3 Å². The maximum Gasteiger partial charge on any atom is 0.446 e. The van der Waals surface area contributed by atoms with E-state index in [4.69, 9.17) is 0 Å². The number of rotatable bonds is 3. The first-order chi connectivity index (χ1) is 7.24. The SMILES string of the molecule is [CH2]NS(=O)(=O)c1ccc(SC(F)(F)F)cc1. The molecule has 0 spiro atoms. The Kier molecular flexibility index (Phi) is 3.87. The number of hydrogen-bond donors (Lipinski definition) is 1.